The number of benzene rings is 2. The van der Waals surface area contributed by atoms with Crippen LogP contribution in [0.15, 0.2) is 42.5 Å². The lowest BCUT2D eigenvalue weighted by atomic mass is 10.1. The average molecular weight is 349 g/mol. The number of para-hydroxylation sites is 1. The molecular weight excluding hydrogens is 322 g/mol. The Morgan fingerprint density at radius 3 is 2.65 bits per heavy atom. The van der Waals surface area contributed by atoms with Gasteiger partial charge >= 0.3 is 0 Å². The largest absolute Gasteiger partial charge is 0.355 e. The normalized spacial score (nSPS) is 22.2. The molecule has 2 aliphatic heterocycles. The topological polar surface area (TPSA) is 44.4 Å². The molecule has 0 saturated carbocycles. The van der Waals surface area contributed by atoms with Crippen LogP contribution in [-0.4, -0.2) is 36.0 Å². The lowest BCUT2D eigenvalue weighted by Gasteiger charge is -2.29. The van der Waals surface area contributed by atoms with E-state index in [0.717, 1.165) is 49.3 Å². The molecule has 2 aromatic carbocycles. The highest BCUT2D eigenvalue weighted by Gasteiger charge is 2.38. The van der Waals surface area contributed by atoms with Crippen molar-refractivity contribution in [1.29, 1.82) is 0 Å². The molecule has 4 heteroatoms. The van der Waals surface area contributed by atoms with Crippen LogP contribution in [-0.2, 0) is 0 Å². The third-order valence-corrected chi connectivity index (χ3v) is 5.92. The van der Waals surface area contributed by atoms with Gasteiger partial charge in [-0.2, -0.15) is 0 Å². The van der Waals surface area contributed by atoms with E-state index in [1.807, 2.05) is 24.3 Å². The number of carbonyl (C=O) groups excluding carboxylic acids is 1. The van der Waals surface area contributed by atoms with Crippen LogP contribution < -0.4 is 10.6 Å². The molecule has 2 heterocycles. The summed E-state index contributed by atoms with van der Waals surface area (Å²) < 4.78 is 0. The van der Waals surface area contributed by atoms with Crippen molar-refractivity contribution in [2.75, 3.05) is 18.4 Å². The third-order valence-electron chi connectivity index (χ3n) is 5.92. The van der Waals surface area contributed by atoms with Crippen molar-refractivity contribution >= 4 is 17.3 Å². The molecule has 0 radical (unpaired) electrons. The molecule has 0 aromatic heterocycles. The van der Waals surface area contributed by atoms with Crippen LogP contribution in [0.4, 0.5) is 11.4 Å². The van der Waals surface area contributed by atoms with E-state index < -0.39 is 0 Å². The van der Waals surface area contributed by atoms with Gasteiger partial charge in [0.05, 0.1) is 11.3 Å². The van der Waals surface area contributed by atoms with Gasteiger partial charge in [0.25, 0.3) is 5.91 Å². The predicted octanol–water partition coefficient (Wildman–Crippen LogP) is 4.01. The Morgan fingerprint density at radius 2 is 1.77 bits per heavy atom. The Balaban J connectivity index is 1.65. The minimum Gasteiger partial charge on any atom is -0.355 e. The lowest BCUT2D eigenvalue weighted by Crippen LogP contribution is -2.42. The van der Waals surface area contributed by atoms with E-state index >= 15 is 0 Å². The second-order valence-corrected chi connectivity index (χ2v) is 7.51. The molecule has 2 unspecified atom stereocenters. The highest BCUT2D eigenvalue weighted by Crippen LogP contribution is 2.32. The predicted molar refractivity (Wildman–Crippen MR) is 106 cm³/mol. The van der Waals surface area contributed by atoms with Gasteiger partial charge in [0, 0.05) is 24.3 Å². The van der Waals surface area contributed by atoms with E-state index in [1.54, 1.807) is 0 Å². The molecule has 0 aliphatic carbocycles. The molecule has 4 nitrogen and oxygen atoms in total. The number of nitrogens with zero attached hydrogens (tertiary/aromatic N) is 1. The number of amides is 1. The van der Waals surface area contributed by atoms with E-state index in [1.165, 1.54) is 11.1 Å². The molecule has 2 aromatic rings. The summed E-state index contributed by atoms with van der Waals surface area (Å²) in [5, 5.41) is 6.98. The number of hydrogen-bond acceptors (Lipinski definition) is 3. The summed E-state index contributed by atoms with van der Waals surface area (Å²) in [6, 6.07) is 14.8. The minimum absolute atomic E-state index is 0.162. The zero-order valence-electron chi connectivity index (χ0n) is 15.6. The highest BCUT2D eigenvalue weighted by molar-refractivity contribution is 6.01. The monoisotopic (exact) mass is 349 g/mol. The van der Waals surface area contributed by atoms with E-state index in [-0.39, 0.29) is 5.91 Å². The Hall–Kier alpha value is -2.33. The summed E-state index contributed by atoms with van der Waals surface area (Å²) in [7, 11) is 0. The second-order valence-electron chi connectivity index (χ2n) is 7.51. The first-order valence-electron chi connectivity index (χ1n) is 9.61. The Kier molecular flexibility index (Phi) is 4.68. The first-order valence-corrected chi connectivity index (χ1v) is 9.61. The van der Waals surface area contributed by atoms with E-state index in [4.69, 9.17) is 0 Å². The maximum Gasteiger partial charge on any atom is 0.256 e. The Bertz CT molecular complexity index is 803. The first-order chi connectivity index (χ1) is 12.6. The maximum absolute atomic E-state index is 13.4. The molecule has 0 spiro atoms. The van der Waals surface area contributed by atoms with Crippen LogP contribution in [0.1, 0.15) is 40.7 Å². The molecule has 2 fully saturated rings. The van der Waals surface area contributed by atoms with Gasteiger partial charge in [0.1, 0.15) is 0 Å². The van der Waals surface area contributed by atoms with Gasteiger partial charge in [-0.25, -0.2) is 0 Å². The third kappa shape index (κ3) is 3.10. The van der Waals surface area contributed by atoms with Crippen LogP contribution in [0, 0.1) is 13.8 Å². The number of hydrogen-bond donors (Lipinski definition) is 2. The summed E-state index contributed by atoms with van der Waals surface area (Å²) in [4.78, 5) is 15.6. The average Bonchev–Trinajstić information content (AvgIpc) is 2.91. The van der Waals surface area contributed by atoms with Crippen LogP contribution in [0.5, 0.6) is 0 Å². The van der Waals surface area contributed by atoms with E-state index in [0.29, 0.717) is 12.1 Å². The zero-order chi connectivity index (χ0) is 18.1. The van der Waals surface area contributed by atoms with Crippen molar-refractivity contribution in [3.05, 3.63) is 59.2 Å². The maximum atomic E-state index is 13.4. The molecule has 2 atom stereocenters. The van der Waals surface area contributed by atoms with Gasteiger partial charge in [0.15, 0.2) is 0 Å². The smallest absolute Gasteiger partial charge is 0.256 e. The number of nitrogens with one attached hydrogen (secondary N) is 2. The SMILES string of the molecule is Cc1cccc(Nc2ccccc2C(=O)N2C3CCNCC2CC3)c1C. The number of aryl methyl sites for hydroxylation is 1. The van der Waals surface area contributed by atoms with E-state index in [9.17, 15) is 4.79 Å². The van der Waals surface area contributed by atoms with Gasteiger partial charge < -0.3 is 15.5 Å². The molecular formula is C22H27N3O. The second kappa shape index (κ2) is 7.12. The molecule has 2 aliphatic rings. The summed E-state index contributed by atoms with van der Waals surface area (Å²) in [5.74, 6) is 0.162. The van der Waals surface area contributed by atoms with Crippen molar-refractivity contribution in [3.8, 4) is 0 Å². The molecule has 4 rings (SSSR count). The summed E-state index contributed by atoms with van der Waals surface area (Å²) in [6.07, 6.45) is 3.29. The lowest BCUT2D eigenvalue weighted by molar-refractivity contribution is 0.0681. The van der Waals surface area contributed by atoms with Crippen LogP contribution in [0.2, 0.25) is 0 Å². The van der Waals surface area contributed by atoms with Crippen molar-refractivity contribution in [1.82, 2.24) is 10.2 Å². The first kappa shape index (κ1) is 17.1. The molecule has 1 amide bonds. The summed E-state index contributed by atoms with van der Waals surface area (Å²) >= 11 is 0. The van der Waals surface area contributed by atoms with Crippen molar-refractivity contribution in [2.24, 2.45) is 0 Å². The zero-order valence-corrected chi connectivity index (χ0v) is 15.6. The highest BCUT2D eigenvalue weighted by atomic mass is 16.2. The molecule has 2 bridgehead atoms. The summed E-state index contributed by atoms with van der Waals surface area (Å²) in [5.41, 5.74) is 5.19. The van der Waals surface area contributed by atoms with Gasteiger partial charge in [-0.3, -0.25) is 4.79 Å². The van der Waals surface area contributed by atoms with E-state index in [2.05, 4.69) is 47.6 Å². The number of carbonyl (C=O) groups is 1. The Labute approximate surface area is 155 Å². The van der Waals surface area contributed by atoms with Gasteiger partial charge in [0.2, 0.25) is 0 Å². The van der Waals surface area contributed by atoms with Crippen LogP contribution in [0.25, 0.3) is 0 Å². The van der Waals surface area contributed by atoms with Crippen molar-refractivity contribution in [2.45, 2.75) is 45.2 Å². The standard InChI is InChI=1S/C22H27N3O/c1-15-6-5-9-20(16(15)2)24-21-8-4-3-7-19(21)22(26)25-17-10-11-18(25)14-23-13-12-17/h3-9,17-18,23-24H,10-14H2,1-2H3. The van der Waals surface area contributed by atoms with Gasteiger partial charge in [-0.05, 0) is 69.0 Å². The van der Waals surface area contributed by atoms with Crippen molar-refractivity contribution < 1.29 is 4.79 Å². The fourth-order valence-electron chi connectivity index (χ4n) is 4.26. The fraction of sp³-hybridized carbons (Fsp3) is 0.409. The molecule has 26 heavy (non-hydrogen) atoms. The molecule has 2 saturated heterocycles. The molecule has 136 valence electrons. The number of rotatable bonds is 3. The molecule has 2 N–H and O–H groups in total. The summed E-state index contributed by atoms with van der Waals surface area (Å²) in [6.45, 7) is 6.14. The van der Waals surface area contributed by atoms with Gasteiger partial charge in [-0.15, -0.1) is 0 Å². The van der Waals surface area contributed by atoms with Crippen molar-refractivity contribution in [3.63, 3.8) is 0 Å². The number of anilines is 2. The quantitative estimate of drug-likeness (QED) is 0.880. The van der Waals surface area contributed by atoms with Gasteiger partial charge in [-0.1, -0.05) is 24.3 Å². The minimum atomic E-state index is 0.162. The fourth-order valence-corrected chi connectivity index (χ4v) is 4.26. The number of fused-ring (bicyclic) bond motifs is 2. The van der Waals surface area contributed by atoms with Crippen LogP contribution >= 0.6 is 0 Å². The van der Waals surface area contributed by atoms with Crippen LogP contribution in [0.3, 0.4) is 0 Å². The Morgan fingerprint density at radius 1 is 1.00 bits per heavy atom.